The van der Waals surface area contributed by atoms with Crippen LogP contribution in [0.4, 0.5) is 0 Å². The average Bonchev–Trinajstić information content (AvgIpc) is 3.37. The minimum atomic E-state index is -1.90. The Bertz CT molecular complexity index is 1370. The lowest BCUT2D eigenvalue weighted by Crippen LogP contribution is -2.61. The van der Waals surface area contributed by atoms with Crippen molar-refractivity contribution >= 4 is 23.9 Å². The van der Waals surface area contributed by atoms with Crippen molar-refractivity contribution in [2.45, 2.75) is 327 Å². The molecule has 12 heteroatoms. The smallest absolute Gasteiger partial charge is 0.335 e. The number of carbonyl (C=O) groups excluding carboxylic acids is 3. The molecule has 1 rings (SSSR count). The van der Waals surface area contributed by atoms with Gasteiger partial charge in [-0.1, -0.05) is 244 Å². The van der Waals surface area contributed by atoms with Gasteiger partial charge in [-0.2, -0.15) is 0 Å². The van der Waals surface area contributed by atoms with Crippen LogP contribution in [0.2, 0.25) is 0 Å². The largest absolute Gasteiger partial charge is 0.479 e. The Kier molecular flexibility index (Phi) is 46.8. The summed E-state index contributed by atoms with van der Waals surface area (Å²) in [6, 6.07) is 0. The standard InChI is InChI=1S/C61H110O12/c1-4-7-10-13-16-19-22-24-26-27-29-30-33-35-38-41-44-47-53(62)69-50-52(71-54(63)48-45-42-39-36-32-21-18-15-12-9-6-3)51-70-61-59(57(66)56(65)58(73-61)60(67)68)72-55(64)49-46-43-40-37-34-31-28-25-23-20-17-14-11-8-5-2/h17,20,25,28,52,56-59,61,65-66H,4-16,18-19,21-24,26-27,29-51H2,1-3H3,(H,67,68)/b20-17-,28-25-. The van der Waals surface area contributed by atoms with E-state index in [0.29, 0.717) is 19.3 Å². The molecule has 6 unspecified atom stereocenters. The maximum atomic E-state index is 13.1. The number of aliphatic carboxylic acids is 1. The number of carboxylic acid groups (broad SMARTS) is 1. The van der Waals surface area contributed by atoms with Gasteiger partial charge in [0.25, 0.3) is 0 Å². The maximum Gasteiger partial charge on any atom is 0.335 e. The first-order valence-electron chi connectivity index (χ1n) is 30.3. The molecule has 1 saturated heterocycles. The molecule has 12 nitrogen and oxygen atoms in total. The number of unbranched alkanes of at least 4 members (excludes halogenated alkanes) is 34. The molecule has 0 amide bonds. The Labute approximate surface area is 445 Å². The van der Waals surface area contributed by atoms with E-state index < -0.39 is 67.3 Å². The number of hydrogen-bond acceptors (Lipinski definition) is 11. The molecule has 0 radical (unpaired) electrons. The highest BCUT2D eigenvalue weighted by Crippen LogP contribution is 2.27. The van der Waals surface area contributed by atoms with Gasteiger partial charge in [0.05, 0.1) is 6.61 Å². The van der Waals surface area contributed by atoms with Gasteiger partial charge >= 0.3 is 23.9 Å². The van der Waals surface area contributed by atoms with E-state index in [1.807, 2.05) is 0 Å². The minimum absolute atomic E-state index is 0.0492. The SMILES string of the molecule is CCCCC/C=C\C/C=C\CCCCCCCC(=O)OC1C(OCC(COC(=O)CCCCCCCCCCCCCCCCCCC)OC(=O)CCCCCCCCCCCCC)OC(C(=O)O)C(O)C1O. The summed E-state index contributed by atoms with van der Waals surface area (Å²) in [5.74, 6) is -3.10. The van der Waals surface area contributed by atoms with Crippen molar-refractivity contribution in [2.75, 3.05) is 13.2 Å². The fourth-order valence-electron chi connectivity index (χ4n) is 9.34. The summed E-state index contributed by atoms with van der Waals surface area (Å²) in [6.07, 6.45) is 44.3. The van der Waals surface area contributed by atoms with Crippen molar-refractivity contribution in [1.29, 1.82) is 0 Å². The van der Waals surface area contributed by atoms with Gasteiger partial charge in [0.1, 0.15) is 18.8 Å². The van der Waals surface area contributed by atoms with Crippen LogP contribution >= 0.6 is 0 Å². The van der Waals surface area contributed by atoms with Gasteiger partial charge in [-0.05, 0) is 51.4 Å². The van der Waals surface area contributed by atoms with Crippen molar-refractivity contribution in [3.05, 3.63) is 24.3 Å². The molecule has 1 aliphatic heterocycles. The Morgan fingerprint density at radius 3 is 1.26 bits per heavy atom. The summed E-state index contributed by atoms with van der Waals surface area (Å²) in [5.41, 5.74) is 0. The van der Waals surface area contributed by atoms with Gasteiger partial charge < -0.3 is 39.0 Å². The Hall–Kier alpha value is -2.80. The molecular weight excluding hydrogens is 925 g/mol. The van der Waals surface area contributed by atoms with Gasteiger partial charge in [-0.15, -0.1) is 0 Å². The zero-order valence-corrected chi connectivity index (χ0v) is 46.9. The van der Waals surface area contributed by atoms with Crippen LogP contribution in [0, 0.1) is 0 Å². The van der Waals surface area contributed by atoms with Crippen LogP contribution in [0.15, 0.2) is 24.3 Å². The van der Waals surface area contributed by atoms with Crippen LogP contribution in [-0.2, 0) is 42.9 Å². The lowest BCUT2D eigenvalue weighted by Gasteiger charge is -2.40. The number of aliphatic hydroxyl groups excluding tert-OH is 2. The Morgan fingerprint density at radius 2 is 0.822 bits per heavy atom. The lowest BCUT2D eigenvalue weighted by atomic mass is 9.98. The molecule has 6 atom stereocenters. The second-order valence-corrected chi connectivity index (χ2v) is 21.0. The molecule has 73 heavy (non-hydrogen) atoms. The van der Waals surface area contributed by atoms with Crippen molar-refractivity contribution in [3.8, 4) is 0 Å². The minimum Gasteiger partial charge on any atom is -0.479 e. The Balaban J connectivity index is 2.65. The van der Waals surface area contributed by atoms with E-state index in [9.17, 15) is 34.5 Å². The molecule has 0 aromatic heterocycles. The number of carboxylic acids is 1. The normalized spacial score (nSPS) is 18.4. The molecular formula is C61H110O12. The summed E-state index contributed by atoms with van der Waals surface area (Å²) in [4.78, 5) is 51.1. The molecule has 3 N–H and O–H groups in total. The first-order valence-corrected chi connectivity index (χ1v) is 30.3. The van der Waals surface area contributed by atoms with Crippen LogP contribution in [0.1, 0.15) is 290 Å². The van der Waals surface area contributed by atoms with Crippen LogP contribution in [-0.4, -0.2) is 89.2 Å². The van der Waals surface area contributed by atoms with Crippen LogP contribution in [0.5, 0.6) is 0 Å². The van der Waals surface area contributed by atoms with E-state index in [0.717, 1.165) is 83.5 Å². The van der Waals surface area contributed by atoms with Gasteiger partial charge in [-0.25, -0.2) is 4.79 Å². The summed E-state index contributed by atoms with van der Waals surface area (Å²) >= 11 is 0. The molecule has 0 aromatic carbocycles. The zero-order valence-electron chi connectivity index (χ0n) is 46.9. The van der Waals surface area contributed by atoms with Crippen molar-refractivity contribution in [3.63, 3.8) is 0 Å². The molecule has 426 valence electrons. The fraction of sp³-hybridized carbons (Fsp3) is 0.869. The van der Waals surface area contributed by atoms with E-state index >= 15 is 0 Å². The van der Waals surface area contributed by atoms with Gasteiger partial charge in [0.15, 0.2) is 24.6 Å². The maximum absolute atomic E-state index is 13.1. The van der Waals surface area contributed by atoms with Gasteiger partial charge in [0, 0.05) is 19.3 Å². The highest BCUT2D eigenvalue weighted by molar-refractivity contribution is 5.74. The zero-order chi connectivity index (χ0) is 53.3. The highest BCUT2D eigenvalue weighted by Gasteiger charge is 2.50. The second-order valence-electron chi connectivity index (χ2n) is 21.0. The van der Waals surface area contributed by atoms with Crippen molar-refractivity contribution in [2.24, 2.45) is 0 Å². The number of carbonyl (C=O) groups is 4. The van der Waals surface area contributed by atoms with Crippen LogP contribution < -0.4 is 0 Å². The van der Waals surface area contributed by atoms with Gasteiger partial charge in [-0.3, -0.25) is 14.4 Å². The number of rotatable bonds is 52. The van der Waals surface area contributed by atoms with E-state index in [2.05, 4.69) is 45.1 Å². The summed E-state index contributed by atoms with van der Waals surface area (Å²) in [6.45, 7) is 5.98. The van der Waals surface area contributed by atoms with Crippen LogP contribution in [0.25, 0.3) is 0 Å². The third kappa shape index (κ3) is 40.2. The van der Waals surface area contributed by atoms with E-state index in [1.54, 1.807) is 0 Å². The van der Waals surface area contributed by atoms with E-state index in [1.165, 1.54) is 148 Å². The second kappa shape index (κ2) is 50.0. The Morgan fingerprint density at radius 1 is 0.452 bits per heavy atom. The quantitative estimate of drug-likeness (QED) is 0.0228. The molecule has 1 fully saturated rings. The third-order valence-corrected chi connectivity index (χ3v) is 14.0. The summed E-state index contributed by atoms with van der Waals surface area (Å²) in [5, 5.41) is 31.5. The van der Waals surface area contributed by atoms with Crippen LogP contribution in [0.3, 0.4) is 0 Å². The highest BCUT2D eigenvalue weighted by atomic mass is 16.7. The summed E-state index contributed by atoms with van der Waals surface area (Å²) in [7, 11) is 0. The molecule has 0 aromatic rings. The fourth-order valence-corrected chi connectivity index (χ4v) is 9.34. The first kappa shape index (κ1) is 68.2. The summed E-state index contributed by atoms with van der Waals surface area (Å²) < 4.78 is 28.4. The van der Waals surface area contributed by atoms with Crippen molar-refractivity contribution < 1.29 is 58.2 Å². The lowest BCUT2D eigenvalue weighted by molar-refractivity contribution is -0.301. The molecule has 0 spiro atoms. The van der Waals surface area contributed by atoms with E-state index in [-0.39, 0.29) is 25.9 Å². The predicted octanol–water partition coefficient (Wildman–Crippen LogP) is 15.5. The predicted molar refractivity (Wildman–Crippen MR) is 294 cm³/mol. The van der Waals surface area contributed by atoms with E-state index in [4.69, 9.17) is 23.7 Å². The average molecular weight is 1040 g/mol. The molecule has 1 heterocycles. The third-order valence-electron chi connectivity index (χ3n) is 14.0. The number of ether oxygens (including phenoxy) is 5. The van der Waals surface area contributed by atoms with Crippen molar-refractivity contribution in [1.82, 2.24) is 0 Å². The number of allylic oxidation sites excluding steroid dienone is 4. The molecule has 0 bridgehead atoms. The van der Waals surface area contributed by atoms with Gasteiger partial charge in [0.2, 0.25) is 0 Å². The monoisotopic (exact) mass is 1030 g/mol. The molecule has 1 aliphatic rings. The first-order chi connectivity index (χ1) is 35.6. The number of esters is 3. The topological polar surface area (TPSA) is 175 Å². The molecule has 0 saturated carbocycles. The number of aliphatic hydroxyl groups is 2. The number of hydrogen-bond donors (Lipinski definition) is 3. The molecule has 0 aliphatic carbocycles.